The number of aliphatic imine (C=N–C) groups is 2. The van der Waals surface area contributed by atoms with E-state index in [2.05, 4.69) is 20.6 Å². The number of nitrogens with zero attached hydrogens (tertiary/aromatic N) is 3. The zero-order valence-electron chi connectivity index (χ0n) is 33.0. The molecule has 0 aromatic heterocycles. The molecule has 0 aliphatic carbocycles. The Balaban J connectivity index is 2.55. The highest BCUT2D eigenvalue weighted by Gasteiger charge is 2.21. The van der Waals surface area contributed by atoms with Gasteiger partial charge in [-0.1, -0.05) is 25.7 Å². The molecule has 13 nitrogen and oxygen atoms in total. The molecule has 0 bridgehead atoms. The standard InChI is InChI=1S/C38H64N6O7/c1-28(39)29-21-23-30(24-22-29)48-27-19-16-20-31(41-33(45)49-36(2,3)4)44(11)26-18-15-13-12-14-17-25-40-32(42-34(46)50-37(5,6)7)43-35(47)51-38(8,9)10/h21-24,39H,12-20,25-27H2,1-11H3,(H2,40,42,43,46,47). The molecule has 0 saturated heterocycles. The number of alkyl carbamates (subject to hydrolysis) is 2. The van der Waals surface area contributed by atoms with Gasteiger partial charge in [0.2, 0.25) is 5.96 Å². The number of amides is 3. The Labute approximate surface area is 305 Å². The van der Waals surface area contributed by atoms with E-state index in [9.17, 15) is 14.4 Å². The third kappa shape index (κ3) is 23.8. The lowest BCUT2D eigenvalue weighted by molar-refractivity contribution is 0.0540. The number of carbonyl (C=O) groups is 3. The first-order valence-corrected chi connectivity index (χ1v) is 18.0. The van der Waals surface area contributed by atoms with Crippen LogP contribution in [0.1, 0.15) is 133 Å². The van der Waals surface area contributed by atoms with E-state index in [1.165, 1.54) is 0 Å². The second kappa shape index (κ2) is 21.9. The molecule has 51 heavy (non-hydrogen) atoms. The third-order valence-electron chi connectivity index (χ3n) is 6.82. The Bertz CT molecular complexity index is 1270. The maximum atomic E-state index is 12.5. The average molecular weight is 717 g/mol. The number of hydrogen-bond acceptors (Lipinski definition) is 9. The van der Waals surface area contributed by atoms with Gasteiger partial charge in [-0.25, -0.2) is 14.4 Å². The summed E-state index contributed by atoms with van der Waals surface area (Å²) in [5.74, 6) is 1.45. The van der Waals surface area contributed by atoms with Crippen molar-refractivity contribution >= 4 is 35.8 Å². The molecule has 0 atom stereocenters. The highest BCUT2D eigenvalue weighted by molar-refractivity contribution is 6.01. The van der Waals surface area contributed by atoms with Crippen molar-refractivity contribution in [1.29, 1.82) is 5.41 Å². The van der Waals surface area contributed by atoms with Gasteiger partial charge in [-0.2, -0.15) is 4.99 Å². The lowest BCUT2D eigenvalue weighted by Gasteiger charge is -2.23. The Morgan fingerprint density at radius 3 is 1.75 bits per heavy atom. The summed E-state index contributed by atoms with van der Waals surface area (Å²) in [5.41, 5.74) is -0.640. The predicted molar refractivity (Wildman–Crippen MR) is 203 cm³/mol. The normalized spacial score (nSPS) is 12.0. The summed E-state index contributed by atoms with van der Waals surface area (Å²) in [7, 11) is 1.96. The van der Waals surface area contributed by atoms with Crippen molar-refractivity contribution in [1.82, 2.24) is 15.5 Å². The summed E-state index contributed by atoms with van der Waals surface area (Å²) in [5, 5.41) is 12.7. The predicted octanol–water partition coefficient (Wildman–Crippen LogP) is 8.63. The monoisotopic (exact) mass is 716 g/mol. The molecule has 0 radical (unpaired) electrons. The van der Waals surface area contributed by atoms with E-state index >= 15 is 0 Å². The summed E-state index contributed by atoms with van der Waals surface area (Å²) < 4.78 is 21.9. The first-order valence-electron chi connectivity index (χ1n) is 18.0. The van der Waals surface area contributed by atoms with Crippen LogP contribution in [0, 0.1) is 5.41 Å². The smallest absolute Gasteiger partial charge is 0.435 e. The van der Waals surface area contributed by atoms with Gasteiger partial charge in [-0.05, 0) is 125 Å². The lowest BCUT2D eigenvalue weighted by atomic mass is 10.1. The molecule has 0 fully saturated rings. The molecule has 0 spiro atoms. The van der Waals surface area contributed by atoms with Gasteiger partial charge >= 0.3 is 18.3 Å². The van der Waals surface area contributed by atoms with Crippen LogP contribution in [0.4, 0.5) is 14.4 Å². The van der Waals surface area contributed by atoms with Gasteiger partial charge in [0, 0.05) is 32.3 Å². The minimum absolute atomic E-state index is 0.0116. The van der Waals surface area contributed by atoms with Gasteiger partial charge < -0.3 is 29.3 Å². The number of amidine groups is 1. The van der Waals surface area contributed by atoms with Gasteiger partial charge in [0.05, 0.1) is 6.61 Å². The van der Waals surface area contributed by atoms with E-state index in [-0.39, 0.29) is 5.96 Å². The zero-order chi connectivity index (χ0) is 38.7. The number of ether oxygens (including phenoxy) is 4. The number of benzene rings is 1. The SMILES string of the molecule is CC(=N)c1ccc(OCCCCC(=NC(=O)OC(C)(C)C)N(C)CCCCCCCCN=C(NC(=O)OC(C)(C)C)NC(=O)OC(C)(C)C)cc1. The molecule has 0 unspecified atom stereocenters. The second-order valence-corrected chi connectivity index (χ2v) is 15.5. The van der Waals surface area contributed by atoms with Gasteiger partial charge in [-0.3, -0.25) is 15.6 Å². The number of guanidine groups is 1. The van der Waals surface area contributed by atoms with E-state index in [1.807, 2.05) is 57.0 Å². The van der Waals surface area contributed by atoms with Crippen molar-refractivity contribution in [3.8, 4) is 5.75 Å². The van der Waals surface area contributed by atoms with Crippen molar-refractivity contribution in [2.24, 2.45) is 9.98 Å². The first-order chi connectivity index (χ1) is 23.6. The molecule has 0 aliphatic rings. The topological polar surface area (TPSA) is 164 Å². The molecule has 1 rings (SSSR count). The Kier molecular flexibility index (Phi) is 19.3. The molecule has 3 N–H and O–H groups in total. The van der Waals surface area contributed by atoms with E-state index < -0.39 is 35.1 Å². The fraction of sp³-hybridized carbons (Fsp3) is 0.684. The molecule has 288 valence electrons. The minimum atomic E-state index is -0.715. The van der Waals surface area contributed by atoms with Crippen molar-refractivity contribution in [2.45, 2.75) is 144 Å². The molecule has 0 heterocycles. The van der Waals surface area contributed by atoms with E-state index in [0.29, 0.717) is 31.1 Å². The van der Waals surface area contributed by atoms with Crippen LogP contribution in [-0.2, 0) is 14.2 Å². The first kappa shape index (κ1) is 44.9. The second-order valence-electron chi connectivity index (χ2n) is 15.5. The number of unbranched alkanes of at least 4 members (excludes halogenated alkanes) is 6. The Hall–Kier alpha value is -4.16. The van der Waals surface area contributed by atoms with E-state index in [0.717, 1.165) is 69.2 Å². The summed E-state index contributed by atoms with van der Waals surface area (Å²) in [6, 6.07) is 7.51. The number of rotatable bonds is 16. The highest BCUT2D eigenvalue weighted by Crippen LogP contribution is 2.15. The Morgan fingerprint density at radius 1 is 0.725 bits per heavy atom. The lowest BCUT2D eigenvalue weighted by Crippen LogP contribution is -2.47. The van der Waals surface area contributed by atoms with Gasteiger partial charge in [-0.15, -0.1) is 0 Å². The molecule has 13 heteroatoms. The summed E-state index contributed by atoms with van der Waals surface area (Å²) in [4.78, 5) is 47.8. The van der Waals surface area contributed by atoms with Gasteiger partial charge in [0.1, 0.15) is 28.4 Å². The number of hydrogen-bond donors (Lipinski definition) is 3. The van der Waals surface area contributed by atoms with Crippen LogP contribution >= 0.6 is 0 Å². The molecule has 0 saturated carbocycles. The molecule has 1 aromatic rings. The molecule has 0 aliphatic heterocycles. The maximum absolute atomic E-state index is 12.5. The molecular formula is C38H64N6O7. The van der Waals surface area contributed by atoms with Crippen LogP contribution < -0.4 is 15.4 Å². The average Bonchev–Trinajstić information content (AvgIpc) is 2.96. The maximum Gasteiger partial charge on any atom is 0.435 e. The molecule has 1 aromatic carbocycles. The fourth-order valence-corrected chi connectivity index (χ4v) is 4.50. The fourth-order valence-electron chi connectivity index (χ4n) is 4.50. The van der Waals surface area contributed by atoms with Crippen molar-refractivity contribution in [2.75, 3.05) is 26.7 Å². The summed E-state index contributed by atoms with van der Waals surface area (Å²) in [6.07, 6.45) is 5.93. The Morgan fingerprint density at radius 2 is 1.24 bits per heavy atom. The van der Waals surface area contributed by atoms with Crippen molar-refractivity contribution in [3.05, 3.63) is 29.8 Å². The van der Waals surface area contributed by atoms with Crippen LogP contribution in [0.2, 0.25) is 0 Å². The summed E-state index contributed by atoms with van der Waals surface area (Å²) in [6.45, 7) is 19.5. The summed E-state index contributed by atoms with van der Waals surface area (Å²) >= 11 is 0. The van der Waals surface area contributed by atoms with Gasteiger partial charge in [0.25, 0.3) is 0 Å². The third-order valence-corrected chi connectivity index (χ3v) is 6.82. The van der Waals surface area contributed by atoms with Crippen molar-refractivity contribution < 1.29 is 33.3 Å². The van der Waals surface area contributed by atoms with Gasteiger partial charge in [0.15, 0.2) is 0 Å². The molecular weight excluding hydrogens is 652 g/mol. The van der Waals surface area contributed by atoms with Crippen LogP contribution in [0.5, 0.6) is 5.75 Å². The molecule has 3 amide bonds. The van der Waals surface area contributed by atoms with E-state index in [4.69, 9.17) is 24.4 Å². The highest BCUT2D eigenvalue weighted by atomic mass is 16.6. The number of nitrogens with one attached hydrogen (secondary N) is 3. The van der Waals surface area contributed by atoms with Crippen molar-refractivity contribution in [3.63, 3.8) is 0 Å². The van der Waals surface area contributed by atoms with Crippen LogP contribution in [0.25, 0.3) is 0 Å². The number of carbonyl (C=O) groups excluding carboxylic acids is 3. The van der Waals surface area contributed by atoms with E-state index in [1.54, 1.807) is 48.5 Å². The largest absolute Gasteiger partial charge is 0.494 e. The van der Waals surface area contributed by atoms with Crippen LogP contribution in [0.3, 0.4) is 0 Å². The quantitative estimate of drug-likeness (QED) is 0.0662. The minimum Gasteiger partial charge on any atom is -0.494 e. The zero-order valence-corrected chi connectivity index (χ0v) is 33.0. The van der Waals surface area contributed by atoms with Crippen LogP contribution in [0.15, 0.2) is 34.3 Å². The van der Waals surface area contributed by atoms with Crippen LogP contribution in [-0.4, -0.2) is 84.2 Å².